The van der Waals surface area contributed by atoms with Crippen LogP contribution >= 0.6 is 23.1 Å². The highest BCUT2D eigenvalue weighted by Gasteiger charge is 2.19. The molecular weight excluding hydrogens is 326 g/mol. The number of nitrogens with two attached hydrogens (primary N) is 1. The molecule has 0 unspecified atom stereocenters. The van der Waals surface area contributed by atoms with E-state index < -0.39 is 0 Å². The number of thioether (sulfide) groups is 1. The Morgan fingerprint density at radius 2 is 1.96 bits per heavy atom. The molecule has 1 aliphatic carbocycles. The highest BCUT2D eigenvalue weighted by atomic mass is 32.2. The molecule has 114 valence electrons. The third-order valence-corrected chi connectivity index (χ3v) is 5.75. The number of fused-ring (bicyclic) bond motifs is 3. The monoisotopic (exact) mass is 339 g/mol. The van der Waals surface area contributed by atoms with E-state index in [1.807, 2.05) is 12.1 Å². The van der Waals surface area contributed by atoms with Gasteiger partial charge in [0.1, 0.15) is 0 Å². The van der Waals surface area contributed by atoms with Crippen molar-refractivity contribution in [2.45, 2.75) is 10.8 Å². The molecule has 0 radical (unpaired) electrons. The van der Waals surface area contributed by atoms with E-state index in [0.29, 0.717) is 10.9 Å². The fraction of sp³-hybridized carbons (Fsp3) is 0.118. The van der Waals surface area contributed by atoms with Crippen LogP contribution in [0, 0.1) is 0 Å². The van der Waals surface area contributed by atoms with Crippen molar-refractivity contribution in [1.82, 2.24) is 10.2 Å². The molecular formula is C17H13N3OS2. The number of rotatable bonds is 4. The van der Waals surface area contributed by atoms with E-state index >= 15 is 0 Å². The van der Waals surface area contributed by atoms with E-state index in [4.69, 9.17) is 5.73 Å². The minimum atomic E-state index is 0.0996. The third-order valence-electron chi connectivity index (χ3n) is 3.86. The summed E-state index contributed by atoms with van der Waals surface area (Å²) in [6.45, 7) is 0. The normalized spacial score (nSPS) is 12.0. The number of nitrogen functional groups attached to an aromatic ring is 1. The Morgan fingerprint density at radius 3 is 2.78 bits per heavy atom. The van der Waals surface area contributed by atoms with Gasteiger partial charge in [0.2, 0.25) is 5.13 Å². The molecule has 2 aromatic carbocycles. The highest BCUT2D eigenvalue weighted by molar-refractivity contribution is 8.01. The molecule has 0 aliphatic heterocycles. The summed E-state index contributed by atoms with van der Waals surface area (Å²) in [6.07, 6.45) is 0.896. The van der Waals surface area contributed by atoms with Crippen molar-refractivity contribution in [2.75, 3.05) is 11.5 Å². The Hall–Kier alpha value is -2.18. The van der Waals surface area contributed by atoms with E-state index in [1.54, 1.807) is 0 Å². The number of hydrogen-bond acceptors (Lipinski definition) is 6. The van der Waals surface area contributed by atoms with Crippen LogP contribution in [0.15, 0.2) is 46.8 Å². The van der Waals surface area contributed by atoms with E-state index in [-0.39, 0.29) is 5.78 Å². The largest absolute Gasteiger partial charge is 0.374 e. The van der Waals surface area contributed by atoms with Gasteiger partial charge in [-0.15, -0.1) is 10.2 Å². The van der Waals surface area contributed by atoms with Gasteiger partial charge in [0.15, 0.2) is 10.1 Å². The molecule has 1 heterocycles. The number of nitrogens with zero attached hydrogens (tertiary/aromatic N) is 2. The molecule has 0 atom stereocenters. The van der Waals surface area contributed by atoms with Crippen molar-refractivity contribution in [1.29, 1.82) is 0 Å². The van der Waals surface area contributed by atoms with Gasteiger partial charge in [0, 0.05) is 5.56 Å². The summed E-state index contributed by atoms with van der Waals surface area (Å²) in [6, 6.07) is 14.4. The summed E-state index contributed by atoms with van der Waals surface area (Å²) >= 11 is 2.68. The quantitative estimate of drug-likeness (QED) is 0.454. The van der Waals surface area contributed by atoms with E-state index in [1.165, 1.54) is 45.4 Å². The molecule has 23 heavy (non-hydrogen) atoms. The second-order valence-electron chi connectivity index (χ2n) is 5.32. The van der Waals surface area contributed by atoms with Crippen molar-refractivity contribution in [2.24, 2.45) is 0 Å². The molecule has 0 fully saturated rings. The van der Waals surface area contributed by atoms with Crippen LogP contribution in [-0.4, -0.2) is 21.7 Å². The van der Waals surface area contributed by atoms with Gasteiger partial charge < -0.3 is 5.73 Å². The lowest BCUT2D eigenvalue weighted by Crippen LogP contribution is -2.03. The van der Waals surface area contributed by atoms with Crippen LogP contribution in [0.2, 0.25) is 0 Å². The van der Waals surface area contributed by atoms with Crippen molar-refractivity contribution in [3.8, 4) is 11.1 Å². The Bertz CT molecular complexity index is 904. The summed E-state index contributed by atoms with van der Waals surface area (Å²) in [5.41, 5.74) is 11.4. The molecule has 0 saturated heterocycles. The first-order valence-corrected chi connectivity index (χ1v) is 8.97. The summed E-state index contributed by atoms with van der Waals surface area (Å²) in [5, 5.41) is 8.10. The first-order valence-electron chi connectivity index (χ1n) is 7.17. The Labute approximate surface area is 141 Å². The molecule has 1 aliphatic rings. The predicted molar refractivity (Wildman–Crippen MR) is 94.1 cm³/mol. The molecule has 0 bridgehead atoms. The number of anilines is 1. The van der Waals surface area contributed by atoms with Gasteiger partial charge in [-0.3, -0.25) is 4.79 Å². The molecule has 6 heteroatoms. The maximum atomic E-state index is 12.4. The fourth-order valence-corrected chi connectivity index (χ4v) is 4.34. The summed E-state index contributed by atoms with van der Waals surface area (Å²) in [7, 11) is 0. The lowest BCUT2D eigenvalue weighted by molar-refractivity contribution is 0.102. The molecule has 2 N–H and O–H groups in total. The molecule has 0 spiro atoms. The zero-order chi connectivity index (χ0) is 15.8. The minimum Gasteiger partial charge on any atom is -0.374 e. The van der Waals surface area contributed by atoms with Crippen LogP contribution in [-0.2, 0) is 6.42 Å². The molecule has 4 rings (SSSR count). The van der Waals surface area contributed by atoms with Crippen LogP contribution in [0.4, 0.5) is 5.13 Å². The second kappa shape index (κ2) is 5.79. The van der Waals surface area contributed by atoms with Crippen molar-refractivity contribution >= 4 is 34.0 Å². The van der Waals surface area contributed by atoms with E-state index in [9.17, 15) is 4.79 Å². The number of carbonyl (C=O) groups is 1. The number of benzene rings is 2. The number of ketones is 1. The van der Waals surface area contributed by atoms with Crippen molar-refractivity contribution in [3.05, 3.63) is 59.2 Å². The van der Waals surface area contributed by atoms with Gasteiger partial charge in [-0.1, -0.05) is 59.5 Å². The first-order chi connectivity index (χ1) is 11.2. The lowest BCUT2D eigenvalue weighted by Gasteiger charge is -2.04. The first kappa shape index (κ1) is 14.4. The second-order valence-corrected chi connectivity index (χ2v) is 7.56. The van der Waals surface area contributed by atoms with Crippen molar-refractivity contribution < 1.29 is 4.79 Å². The average molecular weight is 339 g/mol. The summed E-state index contributed by atoms with van der Waals surface area (Å²) < 4.78 is 0.726. The van der Waals surface area contributed by atoms with Gasteiger partial charge >= 0.3 is 0 Å². The zero-order valence-electron chi connectivity index (χ0n) is 12.2. The molecule has 0 saturated carbocycles. The number of hydrogen-bond donors (Lipinski definition) is 1. The summed E-state index contributed by atoms with van der Waals surface area (Å²) in [4.78, 5) is 12.4. The molecule has 4 nitrogen and oxygen atoms in total. The van der Waals surface area contributed by atoms with Gasteiger partial charge in [0.25, 0.3) is 0 Å². The highest BCUT2D eigenvalue weighted by Crippen LogP contribution is 2.37. The Kier molecular flexibility index (Phi) is 3.63. The van der Waals surface area contributed by atoms with E-state index in [0.717, 1.165) is 16.3 Å². The molecule has 1 aromatic heterocycles. The van der Waals surface area contributed by atoms with Crippen LogP contribution in [0.1, 0.15) is 21.5 Å². The number of Topliss-reactive ketones (excluding diaryl/α,β-unsaturated/α-hetero) is 1. The Balaban J connectivity index is 1.52. The van der Waals surface area contributed by atoms with Gasteiger partial charge in [-0.2, -0.15) is 0 Å². The standard InChI is InChI=1S/C17H13N3OS2/c18-16-19-20-17(23-16)22-9-15(21)11-5-6-14-12(8-11)7-10-3-1-2-4-13(10)14/h1-6,8H,7,9H2,(H2,18,19). The lowest BCUT2D eigenvalue weighted by atomic mass is 10.0. The average Bonchev–Trinajstić information content (AvgIpc) is 3.15. The molecule has 0 amide bonds. The summed E-state index contributed by atoms with van der Waals surface area (Å²) in [5.74, 6) is 0.447. The van der Waals surface area contributed by atoms with E-state index in [2.05, 4.69) is 40.5 Å². The number of carbonyl (C=O) groups excluding carboxylic acids is 1. The maximum Gasteiger partial charge on any atom is 0.203 e. The fourth-order valence-electron chi connectivity index (χ4n) is 2.81. The van der Waals surface area contributed by atoms with Gasteiger partial charge in [0.05, 0.1) is 5.75 Å². The van der Waals surface area contributed by atoms with Crippen LogP contribution in [0.3, 0.4) is 0 Å². The van der Waals surface area contributed by atoms with Crippen molar-refractivity contribution in [3.63, 3.8) is 0 Å². The number of aromatic nitrogens is 2. The SMILES string of the molecule is Nc1nnc(SCC(=O)c2ccc3c(c2)Cc2ccccc2-3)s1. The molecule has 3 aromatic rings. The van der Waals surface area contributed by atoms with Crippen LogP contribution in [0.25, 0.3) is 11.1 Å². The van der Waals surface area contributed by atoms with Crippen LogP contribution < -0.4 is 5.73 Å². The Morgan fingerprint density at radius 1 is 1.13 bits per heavy atom. The zero-order valence-corrected chi connectivity index (χ0v) is 13.8. The van der Waals surface area contributed by atoms with Gasteiger partial charge in [-0.25, -0.2) is 0 Å². The maximum absolute atomic E-state index is 12.4. The topological polar surface area (TPSA) is 68.9 Å². The predicted octanol–water partition coefficient (Wildman–Crippen LogP) is 3.67. The smallest absolute Gasteiger partial charge is 0.203 e. The van der Waals surface area contributed by atoms with Crippen LogP contribution in [0.5, 0.6) is 0 Å². The minimum absolute atomic E-state index is 0.0996. The third kappa shape index (κ3) is 2.75. The van der Waals surface area contributed by atoms with Gasteiger partial charge in [-0.05, 0) is 34.7 Å².